The molecule has 20 heavy (non-hydrogen) atoms. The number of benzene rings is 2. The van der Waals surface area contributed by atoms with E-state index in [2.05, 4.69) is 48.3 Å². The molecule has 0 aliphatic rings. The Morgan fingerprint density at radius 3 is 2.40 bits per heavy atom. The lowest BCUT2D eigenvalue weighted by Gasteiger charge is -2.13. The topological polar surface area (TPSA) is 22.1 Å². The number of para-hydroxylation sites is 1. The van der Waals surface area contributed by atoms with Crippen LogP contribution in [0.1, 0.15) is 16.7 Å². The van der Waals surface area contributed by atoms with Gasteiger partial charge in [0, 0.05) is 17.4 Å². The van der Waals surface area contributed by atoms with Crippen LogP contribution in [0.25, 0.3) is 10.9 Å². The van der Waals surface area contributed by atoms with Crippen molar-refractivity contribution in [2.45, 2.75) is 13.3 Å². The summed E-state index contributed by atoms with van der Waals surface area (Å²) in [4.78, 5) is 4.63. The molecule has 0 saturated heterocycles. The second-order valence-electron chi connectivity index (χ2n) is 4.90. The van der Waals surface area contributed by atoms with Crippen molar-refractivity contribution in [2.75, 3.05) is 7.11 Å². The fourth-order valence-electron chi connectivity index (χ4n) is 2.57. The van der Waals surface area contributed by atoms with E-state index in [-0.39, 0.29) is 0 Å². The largest absolute Gasteiger partial charge is 0.481 e. The molecular weight excluding hydrogens is 246 g/mol. The fraction of sp³-hybridized carbons (Fsp3) is 0.167. The zero-order chi connectivity index (χ0) is 13.9. The van der Waals surface area contributed by atoms with Crippen molar-refractivity contribution in [1.82, 2.24) is 4.98 Å². The van der Waals surface area contributed by atoms with Crippen LogP contribution in [0, 0.1) is 6.92 Å². The first-order valence-electron chi connectivity index (χ1n) is 6.75. The van der Waals surface area contributed by atoms with Crippen LogP contribution in [0.3, 0.4) is 0 Å². The molecule has 0 unspecified atom stereocenters. The highest BCUT2D eigenvalue weighted by Gasteiger charge is 2.12. The molecule has 100 valence electrons. The quantitative estimate of drug-likeness (QED) is 0.708. The number of rotatable bonds is 3. The first-order valence-corrected chi connectivity index (χ1v) is 6.75. The normalized spacial score (nSPS) is 10.7. The van der Waals surface area contributed by atoms with E-state index in [1.54, 1.807) is 7.11 Å². The Balaban J connectivity index is 2.16. The van der Waals surface area contributed by atoms with E-state index in [1.165, 1.54) is 16.5 Å². The van der Waals surface area contributed by atoms with Crippen molar-refractivity contribution >= 4 is 10.9 Å². The van der Waals surface area contributed by atoms with Crippen molar-refractivity contribution in [2.24, 2.45) is 0 Å². The maximum atomic E-state index is 5.50. The zero-order valence-corrected chi connectivity index (χ0v) is 11.8. The van der Waals surface area contributed by atoms with E-state index in [9.17, 15) is 0 Å². The van der Waals surface area contributed by atoms with Crippen LogP contribution in [0.2, 0.25) is 0 Å². The van der Waals surface area contributed by atoms with E-state index in [1.807, 2.05) is 18.2 Å². The lowest BCUT2D eigenvalue weighted by atomic mass is 9.98. The van der Waals surface area contributed by atoms with E-state index >= 15 is 0 Å². The highest BCUT2D eigenvalue weighted by atomic mass is 16.5. The summed E-state index contributed by atoms with van der Waals surface area (Å²) >= 11 is 0. The monoisotopic (exact) mass is 263 g/mol. The minimum atomic E-state index is 0.727. The van der Waals surface area contributed by atoms with Gasteiger partial charge in [-0.1, -0.05) is 48.5 Å². The molecule has 0 N–H and O–H groups in total. The van der Waals surface area contributed by atoms with Gasteiger partial charge in [0.15, 0.2) is 0 Å². The molecule has 0 saturated carbocycles. The summed E-state index contributed by atoms with van der Waals surface area (Å²) < 4.78 is 5.50. The molecule has 2 nitrogen and oxygen atoms in total. The summed E-state index contributed by atoms with van der Waals surface area (Å²) in [5.74, 6) is 0.727. The third-order valence-electron chi connectivity index (χ3n) is 3.66. The standard InChI is InChI=1S/C18H17NO/c1-13-15-10-6-7-11-17(15)19-18(20-2)16(13)12-14-8-4-3-5-9-14/h3-11H,12H2,1-2H3. The molecule has 0 atom stereocenters. The Morgan fingerprint density at radius 2 is 1.65 bits per heavy atom. The number of aromatic nitrogens is 1. The van der Waals surface area contributed by atoms with Gasteiger partial charge in [0.05, 0.1) is 12.6 Å². The van der Waals surface area contributed by atoms with Crippen LogP contribution in [-0.2, 0) is 6.42 Å². The maximum absolute atomic E-state index is 5.50. The summed E-state index contributed by atoms with van der Waals surface area (Å²) in [6.07, 6.45) is 0.841. The Morgan fingerprint density at radius 1 is 0.950 bits per heavy atom. The first kappa shape index (κ1) is 12.7. The number of ether oxygens (including phenoxy) is 1. The summed E-state index contributed by atoms with van der Waals surface area (Å²) in [6, 6.07) is 18.6. The van der Waals surface area contributed by atoms with Gasteiger partial charge >= 0.3 is 0 Å². The molecule has 0 radical (unpaired) electrons. The number of nitrogens with zero attached hydrogens (tertiary/aromatic N) is 1. The maximum Gasteiger partial charge on any atom is 0.217 e. The third kappa shape index (κ3) is 2.25. The van der Waals surface area contributed by atoms with Gasteiger partial charge in [-0.05, 0) is 24.1 Å². The minimum Gasteiger partial charge on any atom is -0.481 e. The number of methoxy groups -OCH3 is 1. The third-order valence-corrected chi connectivity index (χ3v) is 3.66. The Kier molecular flexibility index (Phi) is 3.38. The lowest BCUT2D eigenvalue weighted by molar-refractivity contribution is 0.394. The average molecular weight is 263 g/mol. The second-order valence-corrected chi connectivity index (χ2v) is 4.90. The van der Waals surface area contributed by atoms with Crippen LogP contribution in [0.4, 0.5) is 0 Å². The highest BCUT2D eigenvalue weighted by molar-refractivity contribution is 5.84. The molecule has 0 amide bonds. The van der Waals surface area contributed by atoms with Crippen molar-refractivity contribution in [3.8, 4) is 5.88 Å². The van der Waals surface area contributed by atoms with E-state index in [0.29, 0.717) is 0 Å². The fourth-order valence-corrected chi connectivity index (χ4v) is 2.57. The molecule has 3 aromatic rings. The van der Waals surface area contributed by atoms with Gasteiger partial charge in [0.1, 0.15) is 0 Å². The lowest BCUT2D eigenvalue weighted by Crippen LogP contribution is -2.01. The first-order chi connectivity index (χ1) is 9.79. The molecule has 3 rings (SSSR count). The van der Waals surface area contributed by atoms with Gasteiger partial charge in [-0.3, -0.25) is 0 Å². The number of aryl methyl sites for hydroxylation is 1. The van der Waals surface area contributed by atoms with Crippen LogP contribution in [0.5, 0.6) is 5.88 Å². The average Bonchev–Trinajstić information content (AvgIpc) is 2.51. The molecule has 0 aliphatic heterocycles. The van der Waals surface area contributed by atoms with E-state index < -0.39 is 0 Å². The van der Waals surface area contributed by atoms with Gasteiger partial charge in [-0.15, -0.1) is 0 Å². The van der Waals surface area contributed by atoms with Crippen molar-refractivity contribution in [3.63, 3.8) is 0 Å². The second kappa shape index (κ2) is 5.33. The summed E-state index contributed by atoms with van der Waals surface area (Å²) in [7, 11) is 1.69. The van der Waals surface area contributed by atoms with Gasteiger partial charge < -0.3 is 4.74 Å². The molecule has 0 fully saturated rings. The molecule has 2 aromatic carbocycles. The SMILES string of the molecule is COc1nc2ccccc2c(C)c1Cc1ccccc1. The zero-order valence-electron chi connectivity index (χ0n) is 11.8. The number of hydrogen-bond acceptors (Lipinski definition) is 2. The highest BCUT2D eigenvalue weighted by Crippen LogP contribution is 2.29. The molecule has 0 spiro atoms. The van der Waals surface area contributed by atoms with E-state index in [0.717, 1.165) is 23.4 Å². The van der Waals surface area contributed by atoms with Gasteiger partial charge in [0.2, 0.25) is 5.88 Å². The molecule has 0 aliphatic carbocycles. The smallest absolute Gasteiger partial charge is 0.217 e. The summed E-state index contributed by atoms with van der Waals surface area (Å²) in [5.41, 5.74) is 4.67. The minimum absolute atomic E-state index is 0.727. The number of hydrogen-bond donors (Lipinski definition) is 0. The molecular formula is C18H17NO. The Labute approximate surface area is 119 Å². The number of fused-ring (bicyclic) bond motifs is 1. The summed E-state index contributed by atoms with van der Waals surface area (Å²) in [6.45, 7) is 2.14. The molecule has 0 bridgehead atoms. The van der Waals surface area contributed by atoms with Gasteiger partial charge in [0.25, 0.3) is 0 Å². The van der Waals surface area contributed by atoms with Crippen LogP contribution in [0.15, 0.2) is 54.6 Å². The van der Waals surface area contributed by atoms with Crippen LogP contribution >= 0.6 is 0 Å². The molecule has 2 heteroatoms. The van der Waals surface area contributed by atoms with E-state index in [4.69, 9.17) is 4.74 Å². The predicted molar refractivity (Wildman–Crippen MR) is 82.3 cm³/mol. The van der Waals surface area contributed by atoms with Gasteiger partial charge in [-0.25, -0.2) is 4.98 Å². The Bertz CT molecular complexity index is 735. The van der Waals surface area contributed by atoms with Gasteiger partial charge in [-0.2, -0.15) is 0 Å². The van der Waals surface area contributed by atoms with Crippen molar-refractivity contribution < 1.29 is 4.74 Å². The van der Waals surface area contributed by atoms with Crippen LogP contribution < -0.4 is 4.74 Å². The predicted octanol–water partition coefficient (Wildman–Crippen LogP) is 4.14. The van der Waals surface area contributed by atoms with Crippen LogP contribution in [-0.4, -0.2) is 12.1 Å². The molecule has 1 heterocycles. The number of pyridine rings is 1. The summed E-state index contributed by atoms with van der Waals surface area (Å²) in [5, 5.41) is 1.19. The Hall–Kier alpha value is -2.35. The van der Waals surface area contributed by atoms with Crippen molar-refractivity contribution in [3.05, 3.63) is 71.3 Å². The molecule has 1 aromatic heterocycles. The van der Waals surface area contributed by atoms with Crippen molar-refractivity contribution in [1.29, 1.82) is 0 Å².